The smallest absolute Gasteiger partial charge is 1.00 e. The van der Waals surface area contributed by atoms with E-state index in [2.05, 4.69) is 0 Å². The molecule has 0 aliphatic rings. The summed E-state index contributed by atoms with van der Waals surface area (Å²) in [5.41, 5.74) is -2.74. The zero-order valence-electron chi connectivity index (χ0n) is 13.8. The fraction of sp³-hybridized carbons (Fsp3) is 0.500. The predicted molar refractivity (Wildman–Crippen MR) is 67.5 cm³/mol. The number of carboxylic acids is 3. The zero-order chi connectivity index (χ0) is 10.6. The standard InChI is InChI=1S/C6H8O7.2Ca.4H2O.4H/c7-3(8)1-6(13,5(11)12)2-4(9)10;;;;;;;;;;/h13H,1-2H2,(H,7,8)(H,9,10)(H,11,12);;;4*1H2;;;;/q;2*+2;;;;;4*-1. The van der Waals surface area contributed by atoms with Crippen molar-refractivity contribution in [1.82, 2.24) is 0 Å². The van der Waals surface area contributed by atoms with Crippen molar-refractivity contribution in [3.63, 3.8) is 0 Å². The second kappa shape index (κ2) is 18.7. The number of hydrogen-bond acceptors (Lipinski definition) is 4. The van der Waals surface area contributed by atoms with Gasteiger partial charge in [0.05, 0.1) is 12.8 Å². The molecule has 0 aromatic rings. The van der Waals surface area contributed by atoms with E-state index in [4.69, 9.17) is 20.4 Å². The third kappa shape index (κ3) is 18.7. The van der Waals surface area contributed by atoms with Crippen molar-refractivity contribution in [2.45, 2.75) is 18.4 Å². The van der Waals surface area contributed by atoms with Gasteiger partial charge in [0, 0.05) is 0 Å². The molecule has 114 valence electrons. The van der Waals surface area contributed by atoms with Crippen LogP contribution in [0.15, 0.2) is 0 Å². The van der Waals surface area contributed by atoms with Gasteiger partial charge in [0.15, 0.2) is 5.60 Å². The molecule has 0 saturated heterocycles. The number of rotatable bonds is 5. The topological polar surface area (TPSA) is 258 Å². The second-order valence-electron chi connectivity index (χ2n) is 2.48. The first-order valence-corrected chi connectivity index (χ1v) is 3.17. The van der Waals surface area contributed by atoms with E-state index < -0.39 is 36.4 Å². The summed E-state index contributed by atoms with van der Waals surface area (Å²) in [5, 5.41) is 33.8. The summed E-state index contributed by atoms with van der Waals surface area (Å²) in [6, 6.07) is 0. The number of aliphatic hydroxyl groups is 1. The Balaban J connectivity index is -0.0000000160. The maximum atomic E-state index is 10.3. The molecule has 12 N–H and O–H groups in total. The molecule has 13 heteroatoms. The molecule has 0 unspecified atom stereocenters. The van der Waals surface area contributed by atoms with Gasteiger partial charge in [-0.05, 0) is 0 Å². The molecule has 0 fully saturated rings. The number of hydrogen-bond donors (Lipinski definition) is 4. The van der Waals surface area contributed by atoms with Gasteiger partial charge < -0.3 is 48.0 Å². The van der Waals surface area contributed by atoms with Crippen LogP contribution in [0.3, 0.4) is 0 Å². The minimum absolute atomic E-state index is 0. The molecule has 0 atom stereocenters. The molecular weight excluding hydrogens is 328 g/mol. The number of carbonyl (C=O) groups is 3. The Bertz CT molecular complexity index is 255. The van der Waals surface area contributed by atoms with Crippen LogP contribution in [-0.2, 0) is 14.4 Å². The first-order valence-electron chi connectivity index (χ1n) is 3.17. The molecule has 0 aromatic carbocycles. The molecule has 11 nitrogen and oxygen atoms in total. The molecule has 0 aromatic heterocycles. The molecule has 19 heavy (non-hydrogen) atoms. The van der Waals surface area contributed by atoms with Crippen LogP contribution in [0.1, 0.15) is 18.5 Å². The van der Waals surface area contributed by atoms with Gasteiger partial charge in [-0.2, -0.15) is 0 Å². The summed E-state index contributed by atoms with van der Waals surface area (Å²) in [6.45, 7) is 0. The largest absolute Gasteiger partial charge is 2.00 e. The van der Waals surface area contributed by atoms with Crippen LogP contribution < -0.4 is 0 Å². The Hall–Kier alpha value is 0.729. The quantitative estimate of drug-likeness (QED) is 0.351. The van der Waals surface area contributed by atoms with Crippen LogP contribution in [0, 0.1) is 0 Å². The van der Waals surface area contributed by atoms with Gasteiger partial charge in [0.1, 0.15) is 0 Å². The molecule has 0 heterocycles. The first kappa shape index (κ1) is 42.7. The second-order valence-corrected chi connectivity index (χ2v) is 2.48. The van der Waals surface area contributed by atoms with Gasteiger partial charge in [-0.1, -0.05) is 0 Å². The zero-order valence-corrected chi connectivity index (χ0v) is 14.3. The van der Waals surface area contributed by atoms with Crippen molar-refractivity contribution >= 4 is 93.4 Å². The van der Waals surface area contributed by atoms with E-state index in [1.807, 2.05) is 0 Å². The average molecular weight is 348 g/mol. The summed E-state index contributed by atoms with van der Waals surface area (Å²) in [6.07, 6.45) is -2.29. The van der Waals surface area contributed by atoms with E-state index in [-0.39, 0.29) is 103 Å². The Morgan fingerprint density at radius 2 is 1.00 bits per heavy atom. The average Bonchev–Trinajstić information content (AvgIpc) is 1.82. The molecule has 0 aliphatic heterocycles. The van der Waals surface area contributed by atoms with E-state index in [0.717, 1.165) is 0 Å². The van der Waals surface area contributed by atoms with E-state index in [9.17, 15) is 14.4 Å². The molecule has 0 spiro atoms. The van der Waals surface area contributed by atoms with E-state index in [1.54, 1.807) is 0 Å². The maximum Gasteiger partial charge on any atom is 2.00 e. The molecule has 0 rings (SSSR count). The van der Waals surface area contributed by atoms with Crippen LogP contribution in [0.25, 0.3) is 0 Å². The molecular formula is C6H20Ca2O11. The van der Waals surface area contributed by atoms with E-state index in [0.29, 0.717) is 0 Å². The fourth-order valence-electron chi connectivity index (χ4n) is 0.714. The van der Waals surface area contributed by atoms with Crippen LogP contribution in [-0.4, -0.2) is 141 Å². The molecule has 0 saturated carbocycles. The maximum absolute atomic E-state index is 10.3. The van der Waals surface area contributed by atoms with Crippen molar-refractivity contribution in [2.75, 3.05) is 0 Å². The van der Waals surface area contributed by atoms with Gasteiger partial charge in [0.25, 0.3) is 0 Å². The van der Waals surface area contributed by atoms with Crippen LogP contribution >= 0.6 is 0 Å². The summed E-state index contributed by atoms with van der Waals surface area (Å²) < 4.78 is 0. The van der Waals surface area contributed by atoms with Crippen molar-refractivity contribution in [3.8, 4) is 0 Å². The minimum Gasteiger partial charge on any atom is -1.00 e. The van der Waals surface area contributed by atoms with Gasteiger partial charge in [-0.3, -0.25) is 9.59 Å². The molecule has 0 bridgehead atoms. The minimum atomic E-state index is -2.74. The van der Waals surface area contributed by atoms with Gasteiger partial charge in [-0.25, -0.2) is 4.79 Å². The Labute approximate surface area is 172 Å². The number of aliphatic carboxylic acids is 3. The van der Waals surface area contributed by atoms with Gasteiger partial charge in [0.2, 0.25) is 0 Å². The van der Waals surface area contributed by atoms with Crippen LogP contribution in [0.4, 0.5) is 0 Å². The SMILES string of the molecule is O.O.O.O.O=C(O)CC(O)(CC(=O)O)C(=O)O.[Ca+2].[Ca+2].[H-].[H-].[H-].[H-]. The Morgan fingerprint density at radius 3 is 1.11 bits per heavy atom. The molecule has 0 radical (unpaired) electrons. The van der Waals surface area contributed by atoms with E-state index >= 15 is 0 Å². The normalized spacial score (nSPS) is 7.42. The van der Waals surface area contributed by atoms with Gasteiger partial charge >= 0.3 is 93.4 Å². The monoisotopic (exact) mass is 348 g/mol. The first-order chi connectivity index (χ1) is 5.78. The van der Waals surface area contributed by atoms with Crippen LogP contribution in [0.2, 0.25) is 0 Å². The third-order valence-corrected chi connectivity index (χ3v) is 1.29. The van der Waals surface area contributed by atoms with Crippen LogP contribution in [0.5, 0.6) is 0 Å². The number of carboxylic acid groups (broad SMARTS) is 3. The van der Waals surface area contributed by atoms with Crippen molar-refractivity contribution < 1.29 is 62.4 Å². The third-order valence-electron chi connectivity index (χ3n) is 1.29. The van der Waals surface area contributed by atoms with Crippen molar-refractivity contribution in [2.24, 2.45) is 0 Å². The Kier molecular flexibility index (Phi) is 42.1. The summed E-state index contributed by atoms with van der Waals surface area (Å²) >= 11 is 0. The summed E-state index contributed by atoms with van der Waals surface area (Å²) in [5.74, 6) is -5.02. The van der Waals surface area contributed by atoms with Crippen molar-refractivity contribution in [3.05, 3.63) is 0 Å². The van der Waals surface area contributed by atoms with Gasteiger partial charge in [-0.15, -0.1) is 0 Å². The molecule has 0 amide bonds. The fourth-order valence-corrected chi connectivity index (χ4v) is 0.714. The molecule has 0 aliphatic carbocycles. The predicted octanol–water partition coefficient (Wildman–Crippen LogP) is -4.86. The van der Waals surface area contributed by atoms with Crippen molar-refractivity contribution in [1.29, 1.82) is 0 Å². The Morgan fingerprint density at radius 1 is 0.789 bits per heavy atom. The van der Waals surface area contributed by atoms with E-state index in [1.165, 1.54) is 0 Å². The summed E-state index contributed by atoms with van der Waals surface area (Å²) in [7, 11) is 0. The summed E-state index contributed by atoms with van der Waals surface area (Å²) in [4.78, 5) is 30.5.